The first-order chi connectivity index (χ1) is 16.0. The Morgan fingerprint density at radius 1 is 1.12 bits per heavy atom. The number of halogens is 1. The summed E-state index contributed by atoms with van der Waals surface area (Å²) in [6.07, 6.45) is 4.76. The number of carbonyl (C=O) groups is 2. The topological polar surface area (TPSA) is 83.8 Å². The molecule has 0 bridgehead atoms. The lowest BCUT2D eigenvalue weighted by Gasteiger charge is -2.66. The number of carboxylic acids is 1. The third-order valence-corrected chi connectivity index (χ3v) is 11.3. The zero-order valence-electron chi connectivity index (χ0n) is 21.6. The number of hydrogen-bond acceptors (Lipinski definition) is 4. The Labute approximate surface area is 204 Å². The van der Waals surface area contributed by atoms with E-state index in [1.54, 1.807) is 0 Å². The summed E-state index contributed by atoms with van der Waals surface area (Å²) < 4.78 is 21.5. The molecule has 4 aliphatic rings. The summed E-state index contributed by atoms with van der Waals surface area (Å²) in [5.74, 6) is -0.150. The van der Waals surface area contributed by atoms with Crippen LogP contribution in [0, 0.1) is 52.3 Å². The molecule has 0 saturated heterocycles. The van der Waals surface area contributed by atoms with Crippen LogP contribution in [0.4, 0.5) is 4.39 Å². The molecule has 4 saturated carbocycles. The highest BCUT2D eigenvalue weighted by Gasteiger charge is 2.68. The number of hydrogen-bond donors (Lipinski definition) is 2. The lowest BCUT2D eigenvalue weighted by atomic mass is 9.40. The highest BCUT2D eigenvalue weighted by Crippen LogP contribution is 2.70. The predicted molar refractivity (Wildman–Crippen MR) is 128 cm³/mol. The number of carbonyl (C=O) groups excluding carboxylic acids is 1. The number of carboxylic acid groups (broad SMARTS) is 1. The van der Waals surface area contributed by atoms with Crippen LogP contribution >= 0.6 is 0 Å². The summed E-state index contributed by atoms with van der Waals surface area (Å²) in [6, 6.07) is 0. The number of rotatable bonds is 6. The highest BCUT2D eigenvalue weighted by molar-refractivity contribution is 5.66. The van der Waals surface area contributed by atoms with E-state index >= 15 is 4.39 Å². The Balaban J connectivity index is 1.69. The number of aliphatic carboxylic acids is 1. The van der Waals surface area contributed by atoms with E-state index in [0.29, 0.717) is 37.0 Å². The lowest BCUT2D eigenvalue weighted by Crippen LogP contribution is -2.67. The van der Waals surface area contributed by atoms with Gasteiger partial charge in [0.05, 0.1) is 6.10 Å². The maximum absolute atomic E-state index is 15.6. The Morgan fingerprint density at radius 2 is 1.82 bits per heavy atom. The molecule has 0 heterocycles. The molecule has 0 aromatic carbocycles. The first-order valence-corrected chi connectivity index (χ1v) is 13.7. The van der Waals surface area contributed by atoms with Crippen LogP contribution in [0.2, 0.25) is 0 Å². The molecule has 0 amide bonds. The van der Waals surface area contributed by atoms with Crippen molar-refractivity contribution in [3.8, 4) is 0 Å². The fraction of sp³-hybridized carbons (Fsp3) is 0.929. The predicted octanol–water partition coefficient (Wildman–Crippen LogP) is 5.63. The largest absolute Gasteiger partial charge is 0.481 e. The van der Waals surface area contributed by atoms with Crippen molar-refractivity contribution in [3.63, 3.8) is 0 Å². The van der Waals surface area contributed by atoms with Crippen LogP contribution in [0.3, 0.4) is 0 Å². The number of esters is 1. The Morgan fingerprint density at radius 3 is 2.44 bits per heavy atom. The normalized spacial score (nSPS) is 48.9. The third-order valence-electron chi connectivity index (χ3n) is 11.3. The molecule has 4 rings (SSSR count). The summed E-state index contributed by atoms with van der Waals surface area (Å²) in [5.41, 5.74) is -0.412. The maximum atomic E-state index is 15.6. The van der Waals surface area contributed by atoms with E-state index in [4.69, 9.17) is 4.74 Å². The van der Waals surface area contributed by atoms with Crippen LogP contribution in [0.25, 0.3) is 0 Å². The van der Waals surface area contributed by atoms with Gasteiger partial charge in [-0.15, -0.1) is 0 Å². The molecule has 6 heteroatoms. The molecule has 12 atom stereocenters. The van der Waals surface area contributed by atoms with Gasteiger partial charge in [0.1, 0.15) is 12.3 Å². The van der Waals surface area contributed by atoms with Crippen LogP contribution in [0.1, 0.15) is 92.4 Å². The minimum Gasteiger partial charge on any atom is -0.481 e. The van der Waals surface area contributed by atoms with E-state index in [1.807, 2.05) is 0 Å². The van der Waals surface area contributed by atoms with Crippen molar-refractivity contribution in [2.24, 2.45) is 52.3 Å². The molecule has 0 aromatic heterocycles. The number of fused-ring (bicyclic) bond motifs is 5. The SMILES string of the molecule is CC[C@H]1[C@@H](O)[C@H]2[C@@H]3CC[C@H]([C@H](C)CCC(=O)O)[C@@]3(C)CC[C@@H]2[C@@]2(C)C(OC(C)=O)CC[C@H](F)[C@@H]12. The Hall–Kier alpha value is -1.17. The molecule has 0 aromatic rings. The summed E-state index contributed by atoms with van der Waals surface area (Å²) in [6.45, 7) is 10.2. The van der Waals surface area contributed by atoms with Crippen molar-refractivity contribution >= 4 is 11.9 Å². The number of alkyl halides is 1. The average molecular weight is 481 g/mol. The van der Waals surface area contributed by atoms with Crippen molar-refractivity contribution in [1.82, 2.24) is 0 Å². The third kappa shape index (κ3) is 3.90. The van der Waals surface area contributed by atoms with E-state index in [2.05, 4.69) is 27.7 Å². The number of aliphatic hydroxyl groups is 1. The van der Waals surface area contributed by atoms with Gasteiger partial charge in [-0.2, -0.15) is 0 Å². The van der Waals surface area contributed by atoms with Crippen LogP contribution in [-0.4, -0.2) is 40.5 Å². The summed E-state index contributed by atoms with van der Waals surface area (Å²) in [7, 11) is 0. The standard InChI is InChI=1S/C28H45FO5/c1-6-17-25-21(29)10-11-22(34-16(3)30)28(25,5)20-13-14-27(4)18(15(2)7-12-23(31)32)8-9-19(27)24(20)26(17)33/h15,17-22,24-26,33H,6-14H2,1-5H3,(H,31,32)/t15-,17-,18-,19+,20+,21+,22?,24+,25-,26-,27-,28+/m1/s1. The van der Waals surface area contributed by atoms with Crippen LogP contribution in [0.5, 0.6) is 0 Å². The van der Waals surface area contributed by atoms with Crippen molar-refractivity contribution in [3.05, 3.63) is 0 Å². The number of aliphatic hydroxyl groups excluding tert-OH is 1. The van der Waals surface area contributed by atoms with Gasteiger partial charge in [0.15, 0.2) is 0 Å². The Bertz CT molecular complexity index is 787. The van der Waals surface area contributed by atoms with Crippen LogP contribution < -0.4 is 0 Å². The molecule has 4 fully saturated rings. The molecular weight excluding hydrogens is 435 g/mol. The summed E-state index contributed by atoms with van der Waals surface area (Å²) >= 11 is 0. The van der Waals surface area contributed by atoms with Crippen molar-refractivity contribution < 1.29 is 28.9 Å². The zero-order chi connectivity index (χ0) is 25.0. The molecule has 4 aliphatic carbocycles. The molecule has 0 spiro atoms. The minimum absolute atomic E-state index is 0.0578. The second-order valence-corrected chi connectivity index (χ2v) is 12.6. The maximum Gasteiger partial charge on any atom is 0.303 e. The van der Waals surface area contributed by atoms with Gasteiger partial charge < -0.3 is 14.9 Å². The van der Waals surface area contributed by atoms with Gasteiger partial charge in [-0.25, -0.2) is 4.39 Å². The minimum atomic E-state index is -0.974. The fourth-order valence-electron chi connectivity index (χ4n) is 9.92. The van der Waals surface area contributed by atoms with Gasteiger partial charge in [0, 0.05) is 24.7 Å². The van der Waals surface area contributed by atoms with E-state index in [1.165, 1.54) is 6.92 Å². The molecule has 5 nitrogen and oxygen atoms in total. The summed E-state index contributed by atoms with van der Waals surface area (Å²) in [4.78, 5) is 23.2. The van der Waals surface area contributed by atoms with Gasteiger partial charge in [-0.3, -0.25) is 9.59 Å². The molecule has 0 aliphatic heterocycles. The lowest BCUT2D eigenvalue weighted by molar-refractivity contribution is -0.245. The van der Waals surface area contributed by atoms with Gasteiger partial charge >= 0.3 is 11.9 Å². The van der Waals surface area contributed by atoms with Crippen molar-refractivity contribution in [2.45, 2.75) is 111 Å². The second kappa shape index (κ2) is 9.37. The Kier molecular flexibility index (Phi) is 7.14. The average Bonchev–Trinajstić information content (AvgIpc) is 3.12. The second-order valence-electron chi connectivity index (χ2n) is 12.6. The number of ether oxygens (including phenoxy) is 1. The first-order valence-electron chi connectivity index (χ1n) is 13.7. The molecule has 194 valence electrons. The molecule has 2 N–H and O–H groups in total. The smallest absolute Gasteiger partial charge is 0.303 e. The molecule has 34 heavy (non-hydrogen) atoms. The van der Waals surface area contributed by atoms with Crippen molar-refractivity contribution in [2.75, 3.05) is 0 Å². The van der Waals surface area contributed by atoms with E-state index in [-0.39, 0.29) is 47.6 Å². The van der Waals surface area contributed by atoms with Gasteiger partial charge in [-0.1, -0.05) is 34.1 Å². The van der Waals surface area contributed by atoms with E-state index in [9.17, 15) is 19.8 Å². The first kappa shape index (κ1) is 25.9. The molecular formula is C28H45FO5. The van der Waals surface area contributed by atoms with Crippen LogP contribution in [-0.2, 0) is 14.3 Å². The summed E-state index contributed by atoms with van der Waals surface area (Å²) in [5, 5.41) is 21.0. The van der Waals surface area contributed by atoms with E-state index in [0.717, 1.165) is 32.1 Å². The van der Waals surface area contributed by atoms with Gasteiger partial charge in [0.25, 0.3) is 0 Å². The monoisotopic (exact) mass is 480 g/mol. The van der Waals surface area contributed by atoms with Crippen LogP contribution in [0.15, 0.2) is 0 Å². The molecule has 1 unspecified atom stereocenters. The molecule has 0 radical (unpaired) electrons. The fourth-order valence-corrected chi connectivity index (χ4v) is 9.92. The van der Waals surface area contributed by atoms with Crippen molar-refractivity contribution in [1.29, 1.82) is 0 Å². The zero-order valence-corrected chi connectivity index (χ0v) is 21.6. The van der Waals surface area contributed by atoms with Gasteiger partial charge in [0.2, 0.25) is 0 Å². The quantitative estimate of drug-likeness (QED) is 0.481. The van der Waals surface area contributed by atoms with E-state index < -0.39 is 23.7 Å². The van der Waals surface area contributed by atoms with Gasteiger partial charge in [-0.05, 0) is 85.9 Å². The highest BCUT2D eigenvalue weighted by atomic mass is 19.1.